The molecule has 1 atom stereocenters. The second-order valence-electron chi connectivity index (χ2n) is 6.16. The van der Waals surface area contributed by atoms with Crippen molar-refractivity contribution in [3.05, 3.63) is 35.4 Å². The molecule has 1 saturated heterocycles. The molecule has 0 spiro atoms. The van der Waals surface area contributed by atoms with Crippen LogP contribution in [-0.4, -0.2) is 23.3 Å². The number of piperidine rings is 1. The quantitative estimate of drug-likeness (QED) is 0.857. The van der Waals surface area contributed by atoms with Gasteiger partial charge in [0.2, 0.25) is 0 Å². The van der Waals surface area contributed by atoms with Gasteiger partial charge < -0.3 is 10.4 Å². The normalized spacial score (nSPS) is 20.9. The van der Waals surface area contributed by atoms with Gasteiger partial charge in [-0.2, -0.15) is 0 Å². The minimum atomic E-state index is -0.619. The molecule has 0 aliphatic carbocycles. The first kappa shape index (κ1) is 13.6. The Labute approximate surface area is 110 Å². The van der Waals surface area contributed by atoms with Gasteiger partial charge in [0.25, 0.3) is 0 Å². The van der Waals surface area contributed by atoms with Crippen LogP contribution >= 0.6 is 0 Å². The van der Waals surface area contributed by atoms with Crippen LogP contribution in [-0.2, 0) is 12.8 Å². The molecule has 100 valence electrons. The van der Waals surface area contributed by atoms with E-state index in [-0.39, 0.29) is 0 Å². The predicted octanol–water partition coefficient (Wildman–Crippen LogP) is 2.68. The number of hydrogen-bond acceptors (Lipinski definition) is 2. The van der Waals surface area contributed by atoms with Crippen molar-refractivity contribution in [3.63, 3.8) is 0 Å². The van der Waals surface area contributed by atoms with Crippen molar-refractivity contribution in [2.75, 3.05) is 6.54 Å². The van der Waals surface area contributed by atoms with Crippen LogP contribution < -0.4 is 5.32 Å². The van der Waals surface area contributed by atoms with Crippen molar-refractivity contribution in [3.8, 4) is 0 Å². The first-order valence-electron chi connectivity index (χ1n) is 7.06. The summed E-state index contributed by atoms with van der Waals surface area (Å²) < 4.78 is 0. The van der Waals surface area contributed by atoms with Crippen molar-refractivity contribution in [2.45, 2.75) is 57.6 Å². The van der Waals surface area contributed by atoms with Crippen molar-refractivity contribution < 1.29 is 5.11 Å². The molecular weight excluding hydrogens is 222 g/mol. The molecule has 18 heavy (non-hydrogen) atoms. The molecule has 2 N–H and O–H groups in total. The molecule has 0 amide bonds. The molecule has 1 aliphatic rings. The highest BCUT2D eigenvalue weighted by molar-refractivity contribution is 5.24. The number of nitrogens with one attached hydrogen (secondary N) is 1. The highest BCUT2D eigenvalue weighted by Gasteiger charge is 2.15. The highest BCUT2D eigenvalue weighted by atomic mass is 16.3. The van der Waals surface area contributed by atoms with Crippen molar-refractivity contribution in [2.24, 2.45) is 0 Å². The van der Waals surface area contributed by atoms with Gasteiger partial charge in [-0.3, -0.25) is 0 Å². The first-order chi connectivity index (χ1) is 8.53. The lowest BCUT2D eigenvalue weighted by Gasteiger charge is -2.23. The Bertz CT molecular complexity index is 358. The number of aliphatic hydroxyl groups is 1. The molecule has 2 heteroatoms. The topological polar surface area (TPSA) is 32.3 Å². The molecule has 2 rings (SSSR count). The summed E-state index contributed by atoms with van der Waals surface area (Å²) in [7, 11) is 0. The minimum Gasteiger partial charge on any atom is -0.390 e. The van der Waals surface area contributed by atoms with Crippen LogP contribution in [0.5, 0.6) is 0 Å². The summed E-state index contributed by atoms with van der Waals surface area (Å²) in [5.41, 5.74) is 1.99. The third-order valence-corrected chi connectivity index (χ3v) is 3.55. The average molecular weight is 247 g/mol. The van der Waals surface area contributed by atoms with Crippen LogP contribution in [0.4, 0.5) is 0 Å². The molecule has 1 unspecified atom stereocenters. The van der Waals surface area contributed by atoms with Crippen LogP contribution in [0.15, 0.2) is 24.3 Å². The Hall–Kier alpha value is -0.860. The Morgan fingerprint density at radius 2 is 1.83 bits per heavy atom. The van der Waals surface area contributed by atoms with Crippen LogP contribution in [0.25, 0.3) is 0 Å². The largest absolute Gasteiger partial charge is 0.390 e. The summed E-state index contributed by atoms with van der Waals surface area (Å²) in [5.74, 6) is 0. The predicted molar refractivity (Wildman–Crippen MR) is 75.8 cm³/mol. The van der Waals surface area contributed by atoms with Crippen LogP contribution in [0, 0.1) is 0 Å². The third-order valence-electron chi connectivity index (χ3n) is 3.55. The molecule has 1 aromatic rings. The zero-order valence-electron chi connectivity index (χ0n) is 11.6. The zero-order valence-corrected chi connectivity index (χ0v) is 11.6. The van der Waals surface area contributed by atoms with E-state index < -0.39 is 5.60 Å². The molecule has 1 heterocycles. The number of rotatable bonds is 4. The Morgan fingerprint density at radius 1 is 1.17 bits per heavy atom. The molecule has 0 saturated carbocycles. The number of benzene rings is 1. The van der Waals surface area contributed by atoms with Crippen molar-refractivity contribution >= 4 is 0 Å². The fourth-order valence-electron chi connectivity index (χ4n) is 2.68. The summed E-state index contributed by atoms with van der Waals surface area (Å²) >= 11 is 0. The Morgan fingerprint density at radius 3 is 2.39 bits per heavy atom. The summed E-state index contributed by atoms with van der Waals surface area (Å²) in [6.07, 6.45) is 5.82. The SMILES string of the molecule is CC(C)(O)Cc1ccc(CC2CCCCN2)cc1. The number of hydrogen-bond donors (Lipinski definition) is 2. The van der Waals surface area contributed by atoms with E-state index in [9.17, 15) is 5.11 Å². The Balaban J connectivity index is 1.90. The molecule has 0 radical (unpaired) electrons. The fourth-order valence-corrected chi connectivity index (χ4v) is 2.68. The smallest absolute Gasteiger partial charge is 0.0631 e. The van der Waals surface area contributed by atoms with E-state index in [1.807, 2.05) is 13.8 Å². The van der Waals surface area contributed by atoms with Gasteiger partial charge in [-0.1, -0.05) is 30.7 Å². The molecule has 2 nitrogen and oxygen atoms in total. The summed E-state index contributed by atoms with van der Waals surface area (Å²) in [6, 6.07) is 9.36. The average Bonchev–Trinajstić information content (AvgIpc) is 2.31. The molecule has 0 bridgehead atoms. The third kappa shape index (κ3) is 4.43. The Kier molecular flexibility index (Phi) is 4.41. The van der Waals surface area contributed by atoms with Gasteiger partial charge in [0.1, 0.15) is 0 Å². The van der Waals surface area contributed by atoms with Gasteiger partial charge in [-0.05, 0) is 50.8 Å². The van der Waals surface area contributed by atoms with Crippen LogP contribution in [0.3, 0.4) is 0 Å². The lowest BCUT2D eigenvalue weighted by Crippen LogP contribution is -2.35. The second kappa shape index (κ2) is 5.85. The molecule has 1 aliphatic heterocycles. The molecule has 0 aromatic heterocycles. The maximum absolute atomic E-state index is 9.79. The van der Waals surface area contributed by atoms with Crippen LogP contribution in [0.1, 0.15) is 44.2 Å². The van der Waals surface area contributed by atoms with E-state index in [0.717, 1.165) is 12.8 Å². The van der Waals surface area contributed by atoms with E-state index in [1.165, 1.54) is 36.9 Å². The zero-order chi connectivity index (χ0) is 13.0. The van der Waals surface area contributed by atoms with Gasteiger partial charge in [0.05, 0.1) is 5.60 Å². The van der Waals surface area contributed by atoms with Crippen molar-refractivity contribution in [1.29, 1.82) is 0 Å². The second-order valence-corrected chi connectivity index (χ2v) is 6.16. The summed E-state index contributed by atoms with van der Waals surface area (Å²) in [4.78, 5) is 0. The van der Waals surface area contributed by atoms with E-state index in [0.29, 0.717) is 6.04 Å². The summed E-state index contributed by atoms with van der Waals surface area (Å²) in [5, 5.41) is 13.4. The molecular formula is C16H25NO. The van der Waals surface area contributed by atoms with Gasteiger partial charge in [0, 0.05) is 12.5 Å². The standard InChI is InChI=1S/C16H25NO/c1-16(2,18)12-14-8-6-13(7-9-14)11-15-5-3-4-10-17-15/h6-9,15,17-18H,3-5,10-12H2,1-2H3. The highest BCUT2D eigenvalue weighted by Crippen LogP contribution is 2.16. The fraction of sp³-hybridized carbons (Fsp3) is 0.625. The first-order valence-corrected chi connectivity index (χ1v) is 7.06. The lowest BCUT2D eigenvalue weighted by atomic mass is 9.95. The van der Waals surface area contributed by atoms with Gasteiger partial charge in [-0.15, -0.1) is 0 Å². The molecule has 1 fully saturated rings. The minimum absolute atomic E-state index is 0.619. The maximum atomic E-state index is 9.79. The van der Waals surface area contributed by atoms with E-state index in [2.05, 4.69) is 29.6 Å². The van der Waals surface area contributed by atoms with Gasteiger partial charge in [0.15, 0.2) is 0 Å². The lowest BCUT2D eigenvalue weighted by molar-refractivity contribution is 0.0810. The maximum Gasteiger partial charge on any atom is 0.0631 e. The molecule has 1 aromatic carbocycles. The van der Waals surface area contributed by atoms with Gasteiger partial charge in [-0.25, -0.2) is 0 Å². The van der Waals surface area contributed by atoms with Gasteiger partial charge >= 0.3 is 0 Å². The monoisotopic (exact) mass is 247 g/mol. The van der Waals surface area contributed by atoms with E-state index in [4.69, 9.17) is 0 Å². The van der Waals surface area contributed by atoms with Crippen LogP contribution in [0.2, 0.25) is 0 Å². The summed E-state index contributed by atoms with van der Waals surface area (Å²) in [6.45, 7) is 4.88. The van der Waals surface area contributed by atoms with E-state index >= 15 is 0 Å². The van der Waals surface area contributed by atoms with E-state index in [1.54, 1.807) is 0 Å². The van der Waals surface area contributed by atoms with Crippen molar-refractivity contribution in [1.82, 2.24) is 5.32 Å².